The van der Waals surface area contributed by atoms with E-state index in [4.69, 9.17) is 4.98 Å². The maximum absolute atomic E-state index is 4.96. The monoisotopic (exact) mass is 381 g/mol. The van der Waals surface area contributed by atoms with Gasteiger partial charge >= 0.3 is 0 Å². The summed E-state index contributed by atoms with van der Waals surface area (Å²) in [6.45, 7) is 13.8. The molecule has 0 aliphatic carbocycles. The van der Waals surface area contributed by atoms with Crippen LogP contribution >= 0.6 is 0 Å². The smallest absolute Gasteiger partial charge is 0.0958 e. The third kappa shape index (κ3) is 3.63. The summed E-state index contributed by atoms with van der Waals surface area (Å²) < 4.78 is 2.50. The number of rotatable bonds is 3. The summed E-state index contributed by atoms with van der Waals surface area (Å²) in [5, 5.41) is 3.82. The molecule has 4 rings (SSSR count). The zero-order valence-corrected chi connectivity index (χ0v) is 18.1. The van der Waals surface area contributed by atoms with E-state index in [2.05, 4.69) is 98.9 Å². The predicted octanol–water partition coefficient (Wildman–Crippen LogP) is 4.00. The number of nitrogens with one attached hydrogen (secondary N) is 3. The molecule has 2 aliphatic rings. The molecule has 5 heteroatoms. The second-order valence-electron chi connectivity index (χ2n) is 10.1. The zero-order chi connectivity index (χ0) is 20.1. The van der Waals surface area contributed by atoms with Crippen LogP contribution in [0.15, 0.2) is 36.7 Å². The molecule has 3 N–H and O–H groups in total. The summed E-state index contributed by atoms with van der Waals surface area (Å²) in [7, 11) is 0. The Morgan fingerprint density at radius 1 is 0.929 bits per heavy atom. The van der Waals surface area contributed by atoms with E-state index in [0.29, 0.717) is 24.0 Å². The Morgan fingerprint density at radius 2 is 1.50 bits per heavy atom. The molecular weight excluding hydrogens is 346 g/mol. The molecule has 2 fully saturated rings. The van der Waals surface area contributed by atoms with Crippen molar-refractivity contribution < 1.29 is 0 Å². The Morgan fingerprint density at radius 3 is 2.07 bits per heavy atom. The number of piperidine rings is 1. The number of hydrogen-bond donors (Lipinski definition) is 3. The zero-order valence-electron chi connectivity index (χ0n) is 18.1. The minimum atomic E-state index is 0.101. The topological polar surface area (TPSA) is 53.9 Å². The van der Waals surface area contributed by atoms with Gasteiger partial charge in [0.15, 0.2) is 0 Å². The number of hydrogen-bond acceptors (Lipinski definition) is 4. The average molecular weight is 382 g/mol. The lowest BCUT2D eigenvalue weighted by atomic mass is 9.79. The molecule has 2 unspecified atom stereocenters. The van der Waals surface area contributed by atoms with Gasteiger partial charge in [0.2, 0.25) is 0 Å². The second-order valence-corrected chi connectivity index (χ2v) is 10.1. The largest absolute Gasteiger partial charge is 0.330 e. The van der Waals surface area contributed by atoms with E-state index in [1.807, 2.05) is 0 Å². The summed E-state index contributed by atoms with van der Waals surface area (Å²) in [6.07, 6.45) is 4.30. The molecule has 2 saturated heterocycles. The van der Waals surface area contributed by atoms with Crippen molar-refractivity contribution in [1.82, 2.24) is 25.7 Å². The first kappa shape index (κ1) is 19.6. The highest BCUT2D eigenvalue weighted by Gasteiger charge is 2.42. The van der Waals surface area contributed by atoms with Gasteiger partial charge in [0.05, 0.1) is 17.7 Å². The number of benzene rings is 1. The molecule has 1 aromatic carbocycles. The third-order valence-electron chi connectivity index (χ3n) is 6.37. The van der Waals surface area contributed by atoms with Gasteiger partial charge in [-0.2, -0.15) is 0 Å². The molecule has 2 aromatic rings. The van der Waals surface area contributed by atoms with Gasteiger partial charge in [0.25, 0.3) is 0 Å². The Bertz CT molecular complexity index is 797. The van der Waals surface area contributed by atoms with E-state index < -0.39 is 0 Å². The van der Waals surface area contributed by atoms with Crippen LogP contribution in [-0.2, 0) is 0 Å². The summed E-state index contributed by atoms with van der Waals surface area (Å²) in [4.78, 5) is 4.96. The van der Waals surface area contributed by atoms with Crippen LogP contribution in [0.1, 0.15) is 72.0 Å². The van der Waals surface area contributed by atoms with Gasteiger partial charge in [-0.05, 0) is 54.4 Å². The normalized spacial score (nSPS) is 29.9. The first-order valence-corrected chi connectivity index (χ1v) is 10.6. The van der Waals surface area contributed by atoms with Crippen LogP contribution in [0.2, 0.25) is 0 Å². The van der Waals surface area contributed by atoms with Gasteiger partial charge in [-0.1, -0.05) is 30.3 Å². The van der Waals surface area contributed by atoms with Crippen molar-refractivity contribution >= 4 is 0 Å². The van der Waals surface area contributed by atoms with E-state index in [1.54, 1.807) is 0 Å². The van der Waals surface area contributed by atoms with Crippen LogP contribution in [0.5, 0.6) is 0 Å². The quantitative estimate of drug-likeness (QED) is 0.752. The van der Waals surface area contributed by atoms with Crippen molar-refractivity contribution in [3.8, 4) is 11.3 Å². The van der Waals surface area contributed by atoms with E-state index in [-0.39, 0.29) is 11.1 Å². The fourth-order valence-electron chi connectivity index (χ4n) is 5.62. The molecule has 1 aromatic heterocycles. The van der Waals surface area contributed by atoms with Crippen LogP contribution in [0.25, 0.3) is 11.3 Å². The number of aromatic nitrogens is 2. The van der Waals surface area contributed by atoms with Gasteiger partial charge < -0.3 is 9.88 Å². The molecule has 3 heterocycles. The molecule has 0 radical (unpaired) electrons. The molecule has 152 valence electrons. The summed E-state index contributed by atoms with van der Waals surface area (Å²) in [5.74, 6) is 0.374. The maximum Gasteiger partial charge on any atom is 0.0958 e. The minimum Gasteiger partial charge on any atom is -0.330 e. The molecule has 0 amide bonds. The Hall–Kier alpha value is -1.69. The SMILES string of the molecule is CC1NNC(C)C1c1c(-c2ccccc2)ncn1C1CC(C)(C)NC(C)(C)C1. The number of hydrazine groups is 1. The number of nitrogens with zero attached hydrogens (tertiary/aromatic N) is 2. The van der Waals surface area contributed by atoms with Crippen LogP contribution in [-0.4, -0.2) is 32.7 Å². The molecule has 2 atom stereocenters. The number of imidazole rings is 1. The fourth-order valence-corrected chi connectivity index (χ4v) is 5.62. The van der Waals surface area contributed by atoms with Gasteiger partial charge in [-0.25, -0.2) is 4.98 Å². The highest BCUT2D eigenvalue weighted by Crippen LogP contribution is 2.41. The Labute approximate surface area is 169 Å². The van der Waals surface area contributed by atoms with E-state index in [1.165, 1.54) is 11.3 Å². The summed E-state index contributed by atoms with van der Waals surface area (Å²) in [6, 6.07) is 11.8. The third-order valence-corrected chi connectivity index (χ3v) is 6.37. The van der Waals surface area contributed by atoms with E-state index in [0.717, 1.165) is 18.5 Å². The van der Waals surface area contributed by atoms with Crippen molar-refractivity contribution in [2.45, 2.75) is 89.5 Å². The molecular formula is C23H35N5. The summed E-state index contributed by atoms with van der Waals surface area (Å²) >= 11 is 0. The van der Waals surface area contributed by atoms with Crippen molar-refractivity contribution in [3.63, 3.8) is 0 Å². The second kappa shape index (κ2) is 6.97. The van der Waals surface area contributed by atoms with E-state index in [9.17, 15) is 0 Å². The van der Waals surface area contributed by atoms with Gasteiger partial charge in [-0.3, -0.25) is 10.9 Å². The molecule has 2 aliphatic heterocycles. The van der Waals surface area contributed by atoms with Crippen LogP contribution in [0.4, 0.5) is 0 Å². The molecule has 0 spiro atoms. The fraction of sp³-hybridized carbons (Fsp3) is 0.609. The molecule has 0 saturated carbocycles. The highest BCUT2D eigenvalue weighted by molar-refractivity contribution is 5.63. The van der Waals surface area contributed by atoms with Crippen molar-refractivity contribution in [2.24, 2.45) is 0 Å². The summed E-state index contributed by atoms with van der Waals surface area (Å²) in [5.41, 5.74) is 10.8. The molecule has 0 bridgehead atoms. The molecule has 5 nitrogen and oxygen atoms in total. The van der Waals surface area contributed by atoms with Crippen LogP contribution in [0.3, 0.4) is 0 Å². The van der Waals surface area contributed by atoms with Gasteiger partial charge in [0.1, 0.15) is 0 Å². The Kier molecular flexibility index (Phi) is 4.89. The van der Waals surface area contributed by atoms with Crippen LogP contribution < -0.4 is 16.2 Å². The maximum atomic E-state index is 4.96. The molecule has 28 heavy (non-hydrogen) atoms. The van der Waals surface area contributed by atoms with Gasteiger partial charge in [0, 0.05) is 40.7 Å². The first-order valence-electron chi connectivity index (χ1n) is 10.6. The Balaban J connectivity index is 1.83. The van der Waals surface area contributed by atoms with Crippen LogP contribution in [0, 0.1) is 0 Å². The van der Waals surface area contributed by atoms with Crippen molar-refractivity contribution in [1.29, 1.82) is 0 Å². The lowest BCUT2D eigenvalue weighted by molar-refractivity contribution is 0.130. The van der Waals surface area contributed by atoms with Crippen molar-refractivity contribution in [2.75, 3.05) is 0 Å². The predicted molar refractivity (Wildman–Crippen MR) is 115 cm³/mol. The first-order chi connectivity index (χ1) is 13.2. The standard InChI is InChI=1S/C23H35N5/c1-15-19(16(2)26-25-15)21-20(17-10-8-7-9-11-17)24-14-28(21)18-12-22(3,4)27-23(5,6)13-18/h7-11,14-16,18-19,25-27H,12-13H2,1-6H3. The highest BCUT2D eigenvalue weighted by atomic mass is 15.4. The van der Waals surface area contributed by atoms with Gasteiger partial charge in [-0.15, -0.1) is 0 Å². The van der Waals surface area contributed by atoms with Crippen molar-refractivity contribution in [3.05, 3.63) is 42.4 Å². The lowest BCUT2D eigenvalue weighted by Crippen LogP contribution is -2.58. The average Bonchev–Trinajstić information content (AvgIpc) is 3.16. The lowest BCUT2D eigenvalue weighted by Gasteiger charge is -2.47. The van der Waals surface area contributed by atoms with E-state index >= 15 is 0 Å². The minimum absolute atomic E-state index is 0.101.